The topological polar surface area (TPSA) is 75.2 Å². The minimum Gasteiger partial charge on any atom is -0.487 e. The van der Waals surface area contributed by atoms with E-state index in [2.05, 4.69) is 15.6 Å². The summed E-state index contributed by atoms with van der Waals surface area (Å²) < 4.78 is 10.6. The van der Waals surface area contributed by atoms with Crippen molar-refractivity contribution in [3.05, 3.63) is 29.3 Å². The number of likely N-dealkylation sites (tertiary alicyclic amines) is 1. The number of para-hydroxylation sites is 1. The highest BCUT2D eigenvalue weighted by Crippen LogP contribution is 2.24. The SMILES string of the molecule is CCNC(=NCC(C)Oc1ccccc1Cl)NC1CCN(C(=O)OC)CC1. The van der Waals surface area contributed by atoms with Gasteiger partial charge in [-0.1, -0.05) is 23.7 Å². The number of nitrogens with zero attached hydrogens (tertiary/aromatic N) is 2. The first-order valence-electron chi connectivity index (χ1n) is 9.32. The number of methoxy groups -OCH3 is 1. The number of piperidine rings is 1. The number of halogens is 1. The van der Waals surface area contributed by atoms with Crippen molar-refractivity contribution in [3.8, 4) is 5.75 Å². The first kappa shape index (κ1) is 21.2. The van der Waals surface area contributed by atoms with Crippen molar-refractivity contribution >= 4 is 23.7 Å². The van der Waals surface area contributed by atoms with Gasteiger partial charge in [0, 0.05) is 25.7 Å². The molecule has 1 heterocycles. The first-order valence-corrected chi connectivity index (χ1v) is 9.70. The van der Waals surface area contributed by atoms with E-state index in [-0.39, 0.29) is 18.2 Å². The third kappa shape index (κ3) is 6.82. The van der Waals surface area contributed by atoms with Crippen LogP contribution in [0.25, 0.3) is 0 Å². The number of hydrogen-bond acceptors (Lipinski definition) is 4. The van der Waals surface area contributed by atoms with Gasteiger partial charge in [0.25, 0.3) is 0 Å². The molecule has 0 saturated carbocycles. The Morgan fingerprint density at radius 2 is 2.07 bits per heavy atom. The highest BCUT2D eigenvalue weighted by atomic mass is 35.5. The van der Waals surface area contributed by atoms with Gasteiger partial charge < -0.3 is 25.0 Å². The molecule has 1 atom stereocenters. The maximum Gasteiger partial charge on any atom is 0.409 e. The van der Waals surface area contributed by atoms with Crippen molar-refractivity contribution in [1.29, 1.82) is 0 Å². The second-order valence-corrected chi connectivity index (χ2v) is 6.86. The van der Waals surface area contributed by atoms with Gasteiger partial charge in [-0.2, -0.15) is 0 Å². The first-order chi connectivity index (χ1) is 13.0. The predicted molar refractivity (Wildman–Crippen MR) is 108 cm³/mol. The highest BCUT2D eigenvalue weighted by Gasteiger charge is 2.23. The van der Waals surface area contributed by atoms with Crippen LogP contribution in [0.15, 0.2) is 29.3 Å². The maximum atomic E-state index is 11.6. The van der Waals surface area contributed by atoms with Crippen LogP contribution in [0.1, 0.15) is 26.7 Å². The molecule has 1 fully saturated rings. The Hall–Kier alpha value is -2.15. The van der Waals surface area contributed by atoms with E-state index in [9.17, 15) is 4.79 Å². The van der Waals surface area contributed by atoms with Crippen LogP contribution in [0.2, 0.25) is 5.02 Å². The van der Waals surface area contributed by atoms with E-state index in [1.165, 1.54) is 7.11 Å². The van der Waals surface area contributed by atoms with Crippen molar-refractivity contribution in [1.82, 2.24) is 15.5 Å². The van der Waals surface area contributed by atoms with Crippen LogP contribution in [0.5, 0.6) is 5.75 Å². The van der Waals surface area contributed by atoms with E-state index >= 15 is 0 Å². The normalized spacial score (nSPS) is 16.6. The molecule has 2 N–H and O–H groups in total. The van der Waals surface area contributed by atoms with Crippen LogP contribution in [0, 0.1) is 0 Å². The third-order valence-corrected chi connectivity index (χ3v) is 4.60. The molecule has 1 saturated heterocycles. The average molecular weight is 397 g/mol. The molecule has 7 nitrogen and oxygen atoms in total. The second-order valence-electron chi connectivity index (χ2n) is 6.45. The molecule has 0 aliphatic carbocycles. The summed E-state index contributed by atoms with van der Waals surface area (Å²) in [5.41, 5.74) is 0. The number of guanidine groups is 1. The summed E-state index contributed by atoms with van der Waals surface area (Å²) in [4.78, 5) is 17.9. The van der Waals surface area contributed by atoms with Gasteiger partial charge in [0.1, 0.15) is 11.9 Å². The van der Waals surface area contributed by atoms with Crippen LogP contribution >= 0.6 is 11.6 Å². The van der Waals surface area contributed by atoms with E-state index in [1.54, 1.807) is 11.0 Å². The second kappa shape index (κ2) is 10.9. The van der Waals surface area contributed by atoms with Crippen LogP contribution < -0.4 is 15.4 Å². The predicted octanol–water partition coefficient (Wildman–Crippen LogP) is 2.89. The molecule has 2 rings (SSSR count). The summed E-state index contributed by atoms with van der Waals surface area (Å²) in [6, 6.07) is 7.68. The zero-order valence-corrected chi connectivity index (χ0v) is 17.0. The minimum atomic E-state index is -0.264. The number of nitrogens with one attached hydrogen (secondary N) is 2. The quantitative estimate of drug-likeness (QED) is 0.571. The number of ether oxygens (including phenoxy) is 2. The number of rotatable bonds is 6. The van der Waals surface area contributed by atoms with Crippen molar-refractivity contribution in [2.24, 2.45) is 4.99 Å². The molecule has 27 heavy (non-hydrogen) atoms. The van der Waals surface area contributed by atoms with Gasteiger partial charge in [0.05, 0.1) is 18.7 Å². The fourth-order valence-electron chi connectivity index (χ4n) is 2.86. The lowest BCUT2D eigenvalue weighted by atomic mass is 10.1. The minimum absolute atomic E-state index is 0.110. The smallest absolute Gasteiger partial charge is 0.409 e. The molecular weight excluding hydrogens is 368 g/mol. The number of aliphatic imine (C=N–C) groups is 1. The largest absolute Gasteiger partial charge is 0.487 e. The molecule has 1 unspecified atom stereocenters. The van der Waals surface area contributed by atoms with Gasteiger partial charge in [-0.25, -0.2) is 9.79 Å². The standard InChI is InChI=1S/C19H29ClN4O3/c1-4-21-18(23-15-9-11-24(12-10-15)19(25)26-3)22-13-14(2)27-17-8-6-5-7-16(17)20/h5-8,14-15H,4,9-13H2,1-3H3,(H2,21,22,23). The monoisotopic (exact) mass is 396 g/mol. The molecule has 0 spiro atoms. The van der Waals surface area contributed by atoms with Gasteiger partial charge in [-0.3, -0.25) is 0 Å². The van der Waals surface area contributed by atoms with E-state index in [4.69, 9.17) is 21.1 Å². The van der Waals surface area contributed by atoms with Crippen molar-refractivity contribution in [2.45, 2.75) is 38.8 Å². The Kier molecular flexibility index (Phi) is 8.51. The Labute approximate surface area is 166 Å². The lowest BCUT2D eigenvalue weighted by Gasteiger charge is -2.32. The molecule has 1 aromatic rings. The molecule has 0 radical (unpaired) electrons. The zero-order valence-electron chi connectivity index (χ0n) is 16.2. The average Bonchev–Trinajstić information content (AvgIpc) is 2.68. The lowest BCUT2D eigenvalue weighted by Crippen LogP contribution is -2.50. The van der Waals surface area contributed by atoms with E-state index in [1.807, 2.05) is 32.0 Å². The summed E-state index contributed by atoms with van der Waals surface area (Å²) in [7, 11) is 1.41. The molecule has 0 bridgehead atoms. The number of hydrogen-bond donors (Lipinski definition) is 2. The zero-order chi connectivity index (χ0) is 19.6. The fourth-order valence-corrected chi connectivity index (χ4v) is 3.04. The molecule has 1 aliphatic rings. The van der Waals surface area contributed by atoms with Gasteiger partial charge in [0.15, 0.2) is 5.96 Å². The van der Waals surface area contributed by atoms with Gasteiger partial charge >= 0.3 is 6.09 Å². The summed E-state index contributed by atoms with van der Waals surface area (Å²) in [6.45, 7) is 6.62. The molecule has 0 aromatic heterocycles. The lowest BCUT2D eigenvalue weighted by molar-refractivity contribution is 0.111. The van der Waals surface area contributed by atoms with Crippen molar-refractivity contribution in [2.75, 3.05) is 33.3 Å². The third-order valence-electron chi connectivity index (χ3n) is 4.28. The van der Waals surface area contributed by atoms with E-state index < -0.39 is 0 Å². The highest BCUT2D eigenvalue weighted by molar-refractivity contribution is 6.32. The molecular formula is C19H29ClN4O3. The Morgan fingerprint density at radius 1 is 1.37 bits per heavy atom. The number of benzene rings is 1. The number of carbonyl (C=O) groups is 1. The maximum absolute atomic E-state index is 11.6. The van der Waals surface area contributed by atoms with Gasteiger partial charge in [-0.15, -0.1) is 0 Å². The van der Waals surface area contributed by atoms with Crippen molar-refractivity contribution in [3.63, 3.8) is 0 Å². The molecule has 1 amide bonds. The molecule has 1 aliphatic heterocycles. The van der Waals surface area contributed by atoms with Crippen molar-refractivity contribution < 1.29 is 14.3 Å². The van der Waals surface area contributed by atoms with Crippen LogP contribution in [-0.2, 0) is 4.74 Å². The van der Waals surface area contributed by atoms with E-state index in [0.29, 0.717) is 30.4 Å². The molecule has 150 valence electrons. The van der Waals surface area contributed by atoms with Crippen LogP contribution in [0.4, 0.5) is 4.79 Å². The Balaban J connectivity index is 1.85. The van der Waals surface area contributed by atoms with Gasteiger partial charge in [-0.05, 0) is 38.8 Å². The van der Waals surface area contributed by atoms with Crippen LogP contribution in [-0.4, -0.2) is 62.4 Å². The Morgan fingerprint density at radius 3 is 2.70 bits per heavy atom. The molecule has 8 heteroatoms. The van der Waals surface area contributed by atoms with Crippen LogP contribution in [0.3, 0.4) is 0 Å². The number of amides is 1. The van der Waals surface area contributed by atoms with E-state index in [0.717, 1.165) is 25.3 Å². The number of carbonyl (C=O) groups excluding carboxylic acids is 1. The fraction of sp³-hybridized carbons (Fsp3) is 0.579. The summed E-state index contributed by atoms with van der Waals surface area (Å²) in [6.07, 6.45) is 1.33. The van der Waals surface area contributed by atoms with Gasteiger partial charge in [0.2, 0.25) is 0 Å². The Bertz CT molecular complexity index is 633. The summed E-state index contributed by atoms with van der Waals surface area (Å²) >= 11 is 6.13. The summed E-state index contributed by atoms with van der Waals surface area (Å²) in [5, 5.41) is 7.29. The summed E-state index contributed by atoms with van der Waals surface area (Å²) in [5.74, 6) is 1.42. The molecule has 1 aromatic carbocycles.